The first-order valence-electron chi connectivity index (χ1n) is 8.70. The van der Waals surface area contributed by atoms with Gasteiger partial charge in [0.25, 0.3) is 0 Å². The van der Waals surface area contributed by atoms with Gasteiger partial charge in [-0.15, -0.1) is 0 Å². The number of rotatable bonds is 4. The third-order valence-corrected chi connectivity index (χ3v) is 4.57. The van der Waals surface area contributed by atoms with Gasteiger partial charge in [0, 0.05) is 29.1 Å². The number of ketones is 1. The van der Waals surface area contributed by atoms with Crippen molar-refractivity contribution in [3.8, 4) is 11.1 Å². The van der Waals surface area contributed by atoms with Crippen LogP contribution in [0.3, 0.4) is 0 Å². The average Bonchev–Trinajstić information content (AvgIpc) is 2.76. The normalized spacial score (nSPS) is 10.9. The molecule has 4 rings (SSSR count). The van der Waals surface area contributed by atoms with Crippen molar-refractivity contribution < 1.29 is 22.8 Å². The predicted octanol–water partition coefficient (Wildman–Crippen LogP) is 4.04. The monoisotopic (exact) mass is 407 g/mol. The number of halogens is 3. The van der Waals surface area contributed by atoms with E-state index in [9.17, 15) is 18.4 Å². The summed E-state index contributed by atoms with van der Waals surface area (Å²) in [6.45, 7) is 0. The summed E-state index contributed by atoms with van der Waals surface area (Å²) in [6, 6.07) is 10.2. The van der Waals surface area contributed by atoms with Crippen molar-refractivity contribution in [2.45, 2.75) is 0 Å². The third-order valence-electron chi connectivity index (χ3n) is 4.57. The van der Waals surface area contributed by atoms with Gasteiger partial charge in [-0.25, -0.2) is 13.2 Å². The zero-order valence-corrected chi connectivity index (χ0v) is 15.2. The Morgan fingerprint density at radius 3 is 2.27 bits per heavy atom. The number of fused-ring (bicyclic) bond motifs is 1. The molecule has 30 heavy (non-hydrogen) atoms. The Hall–Kier alpha value is -4.07. The molecule has 0 radical (unpaired) electrons. The molecule has 1 heterocycles. The highest BCUT2D eigenvalue weighted by molar-refractivity contribution is 6.11. The highest BCUT2D eigenvalue weighted by Gasteiger charge is 2.26. The topological polar surface area (TPSA) is 85.9 Å². The Morgan fingerprint density at radius 1 is 0.800 bits per heavy atom. The van der Waals surface area contributed by atoms with Crippen LogP contribution in [0, 0.1) is 17.5 Å². The highest BCUT2D eigenvalue weighted by Crippen LogP contribution is 2.31. The molecule has 8 heteroatoms. The lowest BCUT2D eigenvalue weighted by Crippen LogP contribution is -2.12. The van der Waals surface area contributed by atoms with E-state index in [0.717, 1.165) is 0 Å². The zero-order valence-electron chi connectivity index (χ0n) is 15.2. The van der Waals surface area contributed by atoms with Crippen LogP contribution in [0.2, 0.25) is 0 Å². The van der Waals surface area contributed by atoms with Gasteiger partial charge in [-0.2, -0.15) is 0 Å². The third kappa shape index (κ3) is 3.28. The summed E-state index contributed by atoms with van der Waals surface area (Å²) < 4.78 is 44.0. The summed E-state index contributed by atoms with van der Waals surface area (Å²) >= 11 is 0. The summed E-state index contributed by atoms with van der Waals surface area (Å²) in [5.41, 5.74) is 4.67. The summed E-state index contributed by atoms with van der Waals surface area (Å²) in [5, 5.41) is 0. The van der Waals surface area contributed by atoms with E-state index in [1.807, 2.05) is 0 Å². The standard InChI is InChI=1S/C22H12F3N3O2/c23-15-10-14(11-2-1-3-13(8-11)22(26)30)19(24)18(20(15)25)21(29)12-4-5-16-17(9-12)28-7-6-27-16/h1-10H,(H2,26,30). The number of hydrogen-bond donors (Lipinski definition) is 1. The van der Waals surface area contributed by atoms with Crippen LogP contribution in [-0.4, -0.2) is 21.7 Å². The minimum atomic E-state index is -1.61. The molecule has 148 valence electrons. The number of hydrogen-bond acceptors (Lipinski definition) is 4. The Balaban J connectivity index is 1.88. The second kappa shape index (κ2) is 7.40. The highest BCUT2D eigenvalue weighted by atomic mass is 19.2. The minimum absolute atomic E-state index is 0.0533. The number of nitrogens with two attached hydrogens (primary N) is 1. The van der Waals surface area contributed by atoms with Gasteiger partial charge < -0.3 is 5.73 Å². The predicted molar refractivity (Wildman–Crippen MR) is 103 cm³/mol. The fourth-order valence-corrected chi connectivity index (χ4v) is 3.10. The molecular weight excluding hydrogens is 395 g/mol. The largest absolute Gasteiger partial charge is 0.366 e. The van der Waals surface area contributed by atoms with Crippen molar-refractivity contribution in [1.82, 2.24) is 9.97 Å². The molecule has 0 spiro atoms. The lowest BCUT2D eigenvalue weighted by atomic mass is 9.95. The van der Waals surface area contributed by atoms with Gasteiger partial charge in [0.2, 0.25) is 5.91 Å². The van der Waals surface area contributed by atoms with E-state index >= 15 is 4.39 Å². The van der Waals surface area contributed by atoms with Crippen LogP contribution in [0.5, 0.6) is 0 Å². The van der Waals surface area contributed by atoms with Gasteiger partial charge in [-0.3, -0.25) is 19.6 Å². The minimum Gasteiger partial charge on any atom is -0.366 e. The van der Waals surface area contributed by atoms with Gasteiger partial charge in [-0.1, -0.05) is 12.1 Å². The van der Waals surface area contributed by atoms with E-state index in [2.05, 4.69) is 9.97 Å². The maximum Gasteiger partial charge on any atom is 0.248 e. The number of carbonyl (C=O) groups is 2. The number of benzene rings is 3. The molecule has 2 N–H and O–H groups in total. The van der Waals surface area contributed by atoms with Crippen molar-refractivity contribution in [3.05, 3.63) is 95.1 Å². The summed E-state index contributed by atoms with van der Waals surface area (Å²) in [5.74, 6) is -6.08. The van der Waals surface area contributed by atoms with Crippen molar-refractivity contribution in [2.75, 3.05) is 0 Å². The molecule has 0 bridgehead atoms. The molecule has 0 saturated heterocycles. The molecule has 5 nitrogen and oxygen atoms in total. The molecule has 0 aliphatic heterocycles. The van der Waals surface area contributed by atoms with Crippen LogP contribution in [0.25, 0.3) is 22.2 Å². The lowest BCUT2D eigenvalue weighted by Gasteiger charge is -2.11. The van der Waals surface area contributed by atoms with E-state index in [1.54, 1.807) is 0 Å². The smallest absolute Gasteiger partial charge is 0.248 e. The first-order valence-corrected chi connectivity index (χ1v) is 8.70. The van der Waals surface area contributed by atoms with Crippen LogP contribution >= 0.6 is 0 Å². The molecular formula is C22H12F3N3O2. The van der Waals surface area contributed by atoms with Gasteiger partial charge in [0.05, 0.1) is 16.6 Å². The van der Waals surface area contributed by atoms with E-state index in [0.29, 0.717) is 17.1 Å². The molecule has 0 saturated carbocycles. The Bertz CT molecular complexity index is 1340. The lowest BCUT2D eigenvalue weighted by molar-refractivity contribution is 0.0997. The molecule has 0 aliphatic rings. The number of carbonyl (C=O) groups excluding carboxylic acids is 2. The van der Waals surface area contributed by atoms with E-state index in [1.165, 1.54) is 54.9 Å². The zero-order chi connectivity index (χ0) is 21.4. The molecule has 0 fully saturated rings. The van der Waals surface area contributed by atoms with Crippen LogP contribution in [0.15, 0.2) is 60.9 Å². The van der Waals surface area contributed by atoms with Crippen LogP contribution in [0.1, 0.15) is 26.3 Å². The molecule has 0 unspecified atom stereocenters. The van der Waals surface area contributed by atoms with Crippen molar-refractivity contribution >= 4 is 22.7 Å². The summed E-state index contributed by atoms with van der Waals surface area (Å²) in [7, 11) is 0. The summed E-state index contributed by atoms with van der Waals surface area (Å²) in [4.78, 5) is 32.4. The molecule has 3 aromatic carbocycles. The van der Waals surface area contributed by atoms with Gasteiger partial charge in [0.1, 0.15) is 5.82 Å². The molecule has 0 aliphatic carbocycles. The van der Waals surface area contributed by atoms with Crippen molar-refractivity contribution in [3.63, 3.8) is 0 Å². The SMILES string of the molecule is NC(=O)c1cccc(-c2cc(F)c(F)c(C(=O)c3ccc4nccnc4c3)c2F)c1. The average molecular weight is 407 g/mol. The molecule has 0 atom stereocenters. The number of aromatic nitrogens is 2. The van der Waals surface area contributed by atoms with Gasteiger partial charge >= 0.3 is 0 Å². The van der Waals surface area contributed by atoms with Crippen LogP contribution in [0.4, 0.5) is 13.2 Å². The van der Waals surface area contributed by atoms with Crippen molar-refractivity contribution in [1.29, 1.82) is 0 Å². The fourth-order valence-electron chi connectivity index (χ4n) is 3.10. The van der Waals surface area contributed by atoms with Gasteiger partial charge in [-0.05, 0) is 42.0 Å². The van der Waals surface area contributed by atoms with Gasteiger partial charge in [0.15, 0.2) is 17.4 Å². The first kappa shape index (κ1) is 19.3. The van der Waals surface area contributed by atoms with Crippen LogP contribution in [-0.2, 0) is 0 Å². The molecule has 1 amide bonds. The van der Waals surface area contributed by atoms with E-state index in [4.69, 9.17) is 5.73 Å². The van der Waals surface area contributed by atoms with Crippen molar-refractivity contribution in [2.24, 2.45) is 5.73 Å². The Morgan fingerprint density at radius 2 is 1.53 bits per heavy atom. The number of primary amides is 1. The number of nitrogens with zero attached hydrogens (tertiary/aromatic N) is 2. The quantitative estimate of drug-likeness (QED) is 0.409. The van der Waals surface area contributed by atoms with Crippen LogP contribution < -0.4 is 5.73 Å². The second-order valence-corrected chi connectivity index (χ2v) is 6.44. The fraction of sp³-hybridized carbons (Fsp3) is 0. The number of amides is 1. The molecule has 4 aromatic rings. The Labute approximate surface area is 168 Å². The molecule has 1 aromatic heterocycles. The summed E-state index contributed by atoms with van der Waals surface area (Å²) in [6.07, 6.45) is 2.87. The Kier molecular flexibility index (Phi) is 4.75. The first-order chi connectivity index (χ1) is 14.4. The van der Waals surface area contributed by atoms with E-state index < -0.39 is 34.7 Å². The second-order valence-electron chi connectivity index (χ2n) is 6.44. The maximum absolute atomic E-state index is 15.2. The van der Waals surface area contributed by atoms with E-state index in [-0.39, 0.29) is 22.3 Å². The maximum atomic E-state index is 15.2.